The Balaban J connectivity index is 2.05. The minimum Gasteiger partial charge on any atom is -0.395 e. The van der Waals surface area contributed by atoms with Crippen LogP contribution in [0.5, 0.6) is 0 Å². The molecule has 0 bridgehead atoms. The smallest absolute Gasteiger partial charge is 0.252 e. The molecule has 31 heavy (non-hydrogen) atoms. The quantitative estimate of drug-likeness (QED) is 0.602. The van der Waals surface area contributed by atoms with Crippen LogP contribution in [-0.4, -0.2) is 48.3 Å². The van der Waals surface area contributed by atoms with E-state index in [1.807, 2.05) is 23.7 Å². The number of aliphatic hydroxyl groups excluding tert-OH is 1. The Kier molecular flexibility index (Phi) is 6.62. The van der Waals surface area contributed by atoms with Gasteiger partial charge in [-0.1, -0.05) is 13.8 Å². The third-order valence-corrected chi connectivity index (χ3v) is 5.71. The lowest BCUT2D eigenvalue weighted by atomic mass is 9.99. The Morgan fingerprint density at radius 1 is 1.16 bits per heavy atom. The van der Waals surface area contributed by atoms with Gasteiger partial charge in [0.15, 0.2) is 5.82 Å². The standard InChI is InChI=1S/C23H34N6O2/c1-14(2)20(21-25-26-27-29(21)23(5,6)7)28(8-9-30)13-18-12-17-10-15(3)16(4)11-19(17)24-22(18)31/h10-12,14,20,30H,8-9,13H2,1-7H3,(H,24,31)/t20-/m1/s1. The van der Waals surface area contributed by atoms with Crippen molar-refractivity contribution >= 4 is 10.9 Å². The SMILES string of the molecule is Cc1cc2cc(CN(CCO)[C@@H](c3nnnn3C(C)(C)C)C(C)C)c(=O)[nH]c2cc1C. The van der Waals surface area contributed by atoms with Crippen molar-refractivity contribution in [1.82, 2.24) is 30.1 Å². The number of rotatable bonds is 7. The molecule has 0 spiro atoms. The van der Waals surface area contributed by atoms with Crippen molar-refractivity contribution in [3.8, 4) is 0 Å². The Morgan fingerprint density at radius 3 is 2.45 bits per heavy atom. The number of aliphatic hydroxyl groups is 1. The van der Waals surface area contributed by atoms with Crippen LogP contribution >= 0.6 is 0 Å². The number of nitrogens with one attached hydrogen (secondary N) is 1. The zero-order valence-electron chi connectivity index (χ0n) is 19.6. The van der Waals surface area contributed by atoms with Gasteiger partial charge in [-0.2, -0.15) is 0 Å². The number of hydrogen-bond acceptors (Lipinski definition) is 6. The summed E-state index contributed by atoms with van der Waals surface area (Å²) in [5, 5.41) is 23.3. The average molecular weight is 427 g/mol. The van der Waals surface area contributed by atoms with Crippen molar-refractivity contribution < 1.29 is 5.11 Å². The molecule has 0 aliphatic rings. The average Bonchev–Trinajstić information content (AvgIpc) is 3.14. The van der Waals surface area contributed by atoms with Crippen molar-refractivity contribution in [2.24, 2.45) is 5.92 Å². The van der Waals surface area contributed by atoms with E-state index in [1.165, 1.54) is 5.56 Å². The fourth-order valence-corrected chi connectivity index (χ4v) is 4.04. The predicted molar refractivity (Wildman–Crippen MR) is 122 cm³/mol. The molecule has 2 N–H and O–H groups in total. The van der Waals surface area contributed by atoms with Crippen LogP contribution in [0.2, 0.25) is 0 Å². The summed E-state index contributed by atoms with van der Waals surface area (Å²) in [5.41, 5.74) is 3.42. The van der Waals surface area contributed by atoms with Gasteiger partial charge in [-0.05, 0) is 85.7 Å². The lowest BCUT2D eigenvalue weighted by Gasteiger charge is -2.34. The molecule has 168 valence electrons. The van der Waals surface area contributed by atoms with Crippen LogP contribution in [0.4, 0.5) is 0 Å². The number of fused-ring (bicyclic) bond motifs is 1. The van der Waals surface area contributed by atoms with Gasteiger partial charge in [-0.15, -0.1) is 5.10 Å². The third-order valence-electron chi connectivity index (χ3n) is 5.71. The zero-order chi connectivity index (χ0) is 22.9. The van der Waals surface area contributed by atoms with E-state index >= 15 is 0 Å². The van der Waals surface area contributed by atoms with Gasteiger partial charge >= 0.3 is 0 Å². The first-order chi connectivity index (χ1) is 14.5. The normalized spacial score (nSPS) is 13.5. The molecule has 1 aromatic carbocycles. The molecule has 0 amide bonds. The summed E-state index contributed by atoms with van der Waals surface area (Å²) in [6, 6.07) is 5.90. The first-order valence-corrected chi connectivity index (χ1v) is 10.8. The van der Waals surface area contributed by atoms with Gasteiger partial charge in [0.2, 0.25) is 0 Å². The van der Waals surface area contributed by atoms with E-state index in [0.29, 0.717) is 18.7 Å². The maximum atomic E-state index is 12.9. The van der Waals surface area contributed by atoms with Gasteiger partial charge in [0.1, 0.15) is 0 Å². The molecule has 0 saturated heterocycles. The summed E-state index contributed by atoms with van der Waals surface area (Å²) in [7, 11) is 0. The van der Waals surface area contributed by atoms with Gasteiger partial charge in [-0.25, -0.2) is 4.68 Å². The van der Waals surface area contributed by atoms with Crippen molar-refractivity contribution in [1.29, 1.82) is 0 Å². The molecule has 2 aromatic heterocycles. The summed E-state index contributed by atoms with van der Waals surface area (Å²) >= 11 is 0. The third kappa shape index (κ3) is 4.85. The zero-order valence-corrected chi connectivity index (χ0v) is 19.6. The van der Waals surface area contributed by atoms with Crippen LogP contribution in [0.15, 0.2) is 23.0 Å². The van der Waals surface area contributed by atoms with E-state index in [0.717, 1.165) is 22.3 Å². The van der Waals surface area contributed by atoms with Gasteiger partial charge < -0.3 is 10.1 Å². The van der Waals surface area contributed by atoms with Crippen LogP contribution in [-0.2, 0) is 12.1 Å². The van der Waals surface area contributed by atoms with E-state index in [-0.39, 0.29) is 29.7 Å². The summed E-state index contributed by atoms with van der Waals surface area (Å²) in [6.07, 6.45) is 0. The van der Waals surface area contributed by atoms with Gasteiger partial charge in [-0.3, -0.25) is 9.69 Å². The van der Waals surface area contributed by atoms with Gasteiger partial charge in [0, 0.05) is 24.2 Å². The maximum absolute atomic E-state index is 12.9. The molecule has 0 radical (unpaired) electrons. The molecule has 2 heterocycles. The van der Waals surface area contributed by atoms with Crippen LogP contribution in [0.25, 0.3) is 10.9 Å². The molecule has 0 fully saturated rings. The molecule has 0 saturated carbocycles. The number of benzene rings is 1. The fourth-order valence-electron chi connectivity index (χ4n) is 4.04. The number of hydrogen-bond donors (Lipinski definition) is 2. The molecule has 1 atom stereocenters. The number of nitrogens with zero attached hydrogens (tertiary/aromatic N) is 5. The summed E-state index contributed by atoms with van der Waals surface area (Å²) in [4.78, 5) is 18.0. The Hall–Kier alpha value is -2.58. The van der Waals surface area contributed by atoms with E-state index < -0.39 is 0 Å². The molecule has 3 rings (SSSR count). The highest BCUT2D eigenvalue weighted by atomic mass is 16.3. The van der Waals surface area contributed by atoms with Gasteiger partial charge in [0.05, 0.1) is 18.2 Å². The molecule has 3 aromatic rings. The van der Waals surface area contributed by atoms with E-state index in [2.05, 4.69) is 73.0 Å². The lowest BCUT2D eigenvalue weighted by molar-refractivity contribution is 0.101. The second-order valence-corrected chi connectivity index (χ2v) is 9.65. The monoisotopic (exact) mass is 426 g/mol. The molecule has 8 heteroatoms. The number of pyridine rings is 1. The minimum absolute atomic E-state index is 0.0237. The van der Waals surface area contributed by atoms with Crippen LogP contribution in [0.3, 0.4) is 0 Å². The van der Waals surface area contributed by atoms with Crippen LogP contribution < -0.4 is 5.56 Å². The van der Waals surface area contributed by atoms with Crippen LogP contribution in [0, 0.1) is 19.8 Å². The van der Waals surface area contributed by atoms with Crippen LogP contribution in [0.1, 0.15) is 63.2 Å². The Morgan fingerprint density at radius 2 is 1.84 bits per heavy atom. The van der Waals surface area contributed by atoms with Crippen molar-refractivity contribution in [2.45, 2.75) is 66.6 Å². The van der Waals surface area contributed by atoms with Gasteiger partial charge in [0.25, 0.3) is 5.56 Å². The highest BCUT2D eigenvalue weighted by Crippen LogP contribution is 2.30. The van der Waals surface area contributed by atoms with Crippen molar-refractivity contribution in [2.75, 3.05) is 13.2 Å². The number of H-pyrrole nitrogens is 1. The second kappa shape index (κ2) is 8.88. The number of aromatic nitrogens is 5. The largest absolute Gasteiger partial charge is 0.395 e. The van der Waals surface area contributed by atoms with Crippen molar-refractivity contribution in [3.63, 3.8) is 0 Å². The van der Waals surface area contributed by atoms with E-state index in [9.17, 15) is 9.90 Å². The second-order valence-electron chi connectivity index (χ2n) is 9.65. The van der Waals surface area contributed by atoms with E-state index in [4.69, 9.17) is 0 Å². The minimum atomic E-state index is -0.285. The molecule has 0 aliphatic carbocycles. The molecule has 8 nitrogen and oxygen atoms in total. The summed E-state index contributed by atoms with van der Waals surface area (Å²) in [5.74, 6) is 0.905. The topological polar surface area (TPSA) is 99.9 Å². The Labute approximate surface area is 183 Å². The maximum Gasteiger partial charge on any atom is 0.252 e. The molecular weight excluding hydrogens is 392 g/mol. The molecular formula is C23H34N6O2. The fraction of sp³-hybridized carbons (Fsp3) is 0.565. The number of aromatic amines is 1. The predicted octanol–water partition coefficient (Wildman–Crippen LogP) is 3.08. The Bertz CT molecular complexity index is 1110. The summed E-state index contributed by atoms with van der Waals surface area (Å²) in [6.45, 7) is 15.3. The molecule has 0 unspecified atom stereocenters. The highest BCUT2D eigenvalue weighted by molar-refractivity contribution is 5.80. The number of aryl methyl sites for hydroxylation is 2. The lowest BCUT2D eigenvalue weighted by Crippen LogP contribution is -2.39. The first-order valence-electron chi connectivity index (χ1n) is 10.8. The number of tetrazole rings is 1. The molecule has 0 aliphatic heterocycles. The van der Waals surface area contributed by atoms with E-state index in [1.54, 1.807) is 0 Å². The summed E-state index contributed by atoms with van der Waals surface area (Å²) < 4.78 is 1.83. The van der Waals surface area contributed by atoms with Crippen molar-refractivity contribution in [3.05, 3.63) is 51.1 Å². The first kappa shape index (κ1) is 23.1. The highest BCUT2D eigenvalue weighted by Gasteiger charge is 2.32.